The van der Waals surface area contributed by atoms with Gasteiger partial charge >= 0.3 is 5.97 Å². The second-order valence-corrected chi connectivity index (χ2v) is 5.62. The Kier molecular flexibility index (Phi) is 4.40. The minimum Gasteiger partial charge on any atom is -0.469 e. The molecule has 0 bridgehead atoms. The van der Waals surface area contributed by atoms with Crippen molar-refractivity contribution in [1.82, 2.24) is 4.98 Å². The van der Waals surface area contributed by atoms with Crippen LogP contribution in [0, 0.1) is 12.7 Å². The molecule has 0 fully saturated rings. The summed E-state index contributed by atoms with van der Waals surface area (Å²) in [5.74, 6) is -1.16. The normalized spacial score (nSPS) is 10.8. The molecule has 0 radical (unpaired) electrons. The third-order valence-corrected chi connectivity index (χ3v) is 3.91. The second kappa shape index (κ2) is 6.49. The van der Waals surface area contributed by atoms with Crippen LogP contribution in [0.2, 0.25) is 5.02 Å². The Morgan fingerprint density at radius 2 is 2.17 bits per heavy atom. The molecular weight excluding hydrogens is 335 g/mol. The Morgan fingerprint density at radius 1 is 1.38 bits per heavy atom. The number of nitrogens with zero attached hydrogens (tertiary/aromatic N) is 1. The van der Waals surface area contributed by atoms with Crippen molar-refractivity contribution in [2.24, 2.45) is 0 Å². The summed E-state index contributed by atoms with van der Waals surface area (Å²) in [4.78, 5) is 15.5. The number of para-hydroxylation sites is 1. The van der Waals surface area contributed by atoms with Crippen LogP contribution in [-0.4, -0.2) is 18.1 Å². The van der Waals surface area contributed by atoms with Crippen LogP contribution >= 0.6 is 11.6 Å². The number of rotatable bonds is 4. The molecule has 0 amide bonds. The van der Waals surface area contributed by atoms with Gasteiger partial charge in [-0.25, -0.2) is 4.39 Å². The molecule has 5 nitrogen and oxygen atoms in total. The monoisotopic (exact) mass is 348 g/mol. The number of aromatic nitrogens is 1. The molecule has 24 heavy (non-hydrogen) atoms. The van der Waals surface area contributed by atoms with Gasteiger partial charge in [-0.15, -0.1) is 0 Å². The molecule has 0 aliphatic heterocycles. The van der Waals surface area contributed by atoms with Gasteiger partial charge in [-0.3, -0.25) is 4.79 Å². The fraction of sp³-hybridized carbons (Fsp3) is 0.176. The highest BCUT2D eigenvalue weighted by Gasteiger charge is 2.17. The molecular formula is C17H14ClFN2O3. The Bertz CT molecular complexity index is 903. The van der Waals surface area contributed by atoms with E-state index in [2.05, 4.69) is 15.0 Å². The van der Waals surface area contributed by atoms with Gasteiger partial charge in [0.25, 0.3) is 6.01 Å². The number of carbonyl (C=O) groups is 1. The van der Waals surface area contributed by atoms with Crippen LogP contribution in [0.4, 0.5) is 16.1 Å². The van der Waals surface area contributed by atoms with Crippen molar-refractivity contribution in [3.8, 4) is 0 Å². The number of nitrogens with one attached hydrogen (secondary N) is 1. The van der Waals surface area contributed by atoms with Crippen molar-refractivity contribution in [2.75, 3.05) is 12.4 Å². The summed E-state index contributed by atoms with van der Waals surface area (Å²) in [5.41, 5.74) is 2.04. The average Bonchev–Trinajstić information content (AvgIpc) is 2.97. The number of esters is 1. The molecule has 7 heteroatoms. The zero-order valence-corrected chi connectivity index (χ0v) is 13.8. The van der Waals surface area contributed by atoms with Crippen molar-refractivity contribution in [1.29, 1.82) is 0 Å². The average molecular weight is 349 g/mol. The third kappa shape index (κ3) is 3.05. The number of hydrogen-bond acceptors (Lipinski definition) is 5. The first-order chi connectivity index (χ1) is 11.5. The highest BCUT2D eigenvalue weighted by Crippen LogP contribution is 2.31. The molecule has 0 spiro atoms. The quantitative estimate of drug-likeness (QED) is 0.708. The minimum atomic E-state index is -0.630. The maximum atomic E-state index is 14.5. The second-order valence-electron chi connectivity index (χ2n) is 5.22. The summed E-state index contributed by atoms with van der Waals surface area (Å²) in [6.07, 6.45) is -0.175. The predicted octanol–water partition coefficient (Wildman–Crippen LogP) is 4.39. The first kappa shape index (κ1) is 16.3. The number of benzene rings is 2. The fourth-order valence-electron chi connectivity index (χ4n) is 2.32. The maximum absolute atomic E-state index is 14.5. The summed E-state index contributed by atoms with van der Waals surface area (Å²) in [7, 11) is 1.25. The largest absolute Gasteiger partial charge is 0.469 e. The van der Waals surface area contributed by atoms with Gasteiger partial charge in [0, 0.05) is 5.56 Å². The Labute approximate surface area is 142 Å². The van der Waals surface area contributed by atoms with E-state index in [1.54, 1.807) is 12.1 Å². The van der Waals surface area contributed by atoms with Gasteiger partial charge in [0.15, 0.2) is 11.4 Å². The lowest BCUT2D eigenvalue weighted by molar-refractivity contribution is -0.139. The van der Waals surface area contributed by atoms with Gasteiger partial charge in [-0.05, 0) is 24.6 Å². The van der Waals surface area contributed by atoms with Crippen LogP contribution in [0.15, 0.2) is 34.7 Å². The molecule has 1 aromatic heterocycles. The lowest BCUT2D eigenvalue weighted by Crippen LogP contribution is -2.06. The number of halogens is 2. The molecule has 2 aromatic carbocycles. The predicted molar refractivity (Wildman–Crippen MR) is 89.2 cm³/mol. The van der Waals surface area contributed by atoms with Crippen LogP contribution in [-0.2, 0) is 16.0 Å². The third-order valence-electron chi connectivity index (χ3n) is 3.59. The van der Waals surface area contributed by atoms with Gasteiger partial charge in [0.1, 0.15) is 5.52 Å². The van der Waals surface area contributed by atoms with E-state index in [9.17, 15) is 9.18 Å². The van der Waals surface area contributed by atoms with Crippen molar-refractivity contribution in [2.45, 2.75) is 13.3 Å². The molecule has 1 N–H and O–H groups in total. The molecule has 0 aliphatic carbocycles. The number of anilines is 2. The van der Waals surface area contributed by atoms with E-state index in [4.69, 9.17) is 16.0 Å². The van der Waals surface area contributed by atoms with Crippen molar-refractivity contribution in [3.63, 3.8) is 0 Å². The van der Waals surface area contributed by atoms with Crippen LogP contribution in [0.25, 0.3) is 11.1 Å². The van der Waals surface area contributed by atoms with Gasteiger partial charge in [0.2, 0.25) is 0 Å². The fourth-order valence-corrected chi connectivity index (χ4v) is 2.58. The summed E-state index contributed by atoms with van der Waals surface area (Å²) in [6.45, 7) is 1.88. The molecule has 1 heterocycles. The number of ether oxygens (including phenoxy) is 1. The Hall–Kier alpha value is -2.60. The van der Waals surface area contributed by atoms with Gasteiger partial charge in [-0.2, -0.15) is 4.98 Å². The zero-order valence-electron chi connectivity index (χ0n) is 13.0. The number of methoxy groups -OCH3 is 1. The molecule has 0 unspecified atom stereocenters. The van der Waals surface area contributed by atoms with Crippen molar-refractivity contribution in [3.05, 3.63) is 52.3 Å². The number of fused-ring (bicyclic) bond motifs is 1. The summed E-state index contributed by atoms with van der Waals surface area (Å²) < 4.78 is 24.5. The standard InChI is InChI=1S/C17H14ClFN2O3/c1-9-4-3-5-11(18)15(9)21-17-20-12-7-6-10(8-13(22)23-2)14(19)16(12)24-17/h3-7H,8H2,1-2H3,(H,20,21). The molecule has 0 atom stereocenters. The maximum Gasteiger partial charge on any atom is 0.310 e. The van der Waals surface area contributed by atoms with E-state index in [1.807, 2.05) is 19.1 Å². The molecule has 124 valence electrons. The number of carbonyl (C=O) groups excluding carboxylic acids is 1. The number of hydrogen-bond donors (Lipinski definition) is 1. The molecule has 0 aliphatic rings. The van der Waals surface area contributed by atoms with Gasteiger partial charge in [0.05, 0.1) is 24.2 Å². The molecule has 0 saturated carbocycles. The zero-order chi connectivity index (χ0) is 17.3. The number of aryl methyl sites for hydroxylation is 1. The van der Waals surface area contributed by atoms with E-state index in [0.29, 0.717) is 16.2 Å². The van der Waals surface area contributed by atoms with Gasteiger partial charge < -0.3 is 14.5 Å². The Morgan fingerprint density at radius 3 is 2.88 bits per heavy atom. The van der Waals surface area contributed by atoms with Crippen LogP contribution < -0.4 is 5.32 Å². The molecule has 3 rings (SSSR count). The van der Waals surface area contributed by atoms with E-state index >= 15 is 0 Å². The van der Waals surface area contributed by atoms with E-state index < -0.39 is 11.8 Å². The van der Waals surface area contributed by atoms with Crippen molar-refractivity contribution >= 4 is 40.4 Å². The van der Waals surface area contributed by atoms with Crippen LogP contribution in [0.5, 0.6) is 0 Å². The summed E-state index contributed by atoms with van der Waals surface area (Å²) >= 11 is 6.15. The number of oxazole rings is 1. The molecule has 0 saturated heterocycles. The summed E-state index contributed by atoms with van der Waals surface area (Å²) in [5, 5.41) is 3.46. The SMILES string of the molecule is COC(=O)Cc1ccc2nc(Nc3c(C)cccc3Cl)oc2c1F. The van der Waals surface area contributed by atoms with E-state index in [1.165, 1.54) is 13.2 Å². The summed E-state index contributed by atoms with van der Waals surface area (Å²) in [6, 6.07) is 8.64. The smallest absolute Gasteiger partial charge is 0.310 e. The topological polar surface area (TPSA) is 64.4 Å². The lowest BCUT2D eigenvalue weighted by atomic mass is 10.1. The highest BCUT2D eigenvalue weighted by molar-refractivity contribution is 6.33. The van der Waals surface area contributed by atoms with Crippen LogP contribution in [0.3, 0.4) is 0 Å². The van der Waals surface area contributed by atoms with Gasteiger partial charge in [-0.1, -0.05) is 29.8 Å². The molecule has 3 aromatic rings. The van der Waals surface area contributed by atoms with E-state index in [0.717, 1.165) is 5.56 Å². The first-order valence-corrected chi connectivity index (χ1v) is 7.54. The minimum absolute atomic E-state index is 0.0244. The highest BCUT2D eigenvalue weighted by atomic mass is 35.5. The lowest BCUT2D eigenvalue weighted by Gasteiger charge is -2.07. The van der Waals surface area contributed by atoms with Crippen LogP contribution in [0.1, 0.15) is 11.1 Å². The van der Waals surface area contributed by atoms with E-state index in [-0.39, 0.29) is 23.6 Å². The van der Waals surface area contributed by atoms with Crippen molar-refractivity contribution < 1.29 is 18.3 Å². The Balaban J connectivity index is 1.97. The first-order valence-electron chi connectivity index (χ1n) is 7.16.